The summed E-state index contributed by atoms with van der Waals surface area (Å²) in [5.74, 6) is 1.15. The highest BCUT2D eigenvalue weighted by Crippen LogP contribution is 2.19. The van der Waals surface area contributed by atoms with Crippen molar-refractivity contribution in [2.45, 2.75) is 0 Å². The highest BCUT2D eigenvalue weighted by Gasteiger charge is 2.25. The van der Waals surface area contributed by atoms with Gasteiger partial charge < -0.3 is 24.4 Å². The number of benzene rings is 2. The van der Waals surface area contributed by atoms with Crippen LogP contribution in [0, 0.1) is 0 Å². The summed E-state index contributed by atoms with van der Waals surface area (Å²) in [6.45, 7) is 1.79. The molecule has 7 nitrogen and oxygen atoms in total. The van der Waals surface area contributed by atoms with Gasteiger partial charge in [-0.25, -0.2) is 0 Å². The maximum absolute atomic E-state index is 12.5. The summed E-state index contributed by atoms with van der Waals surface area (Å²) in [4.78, 5) is 28.2. The van der Waals surface area contributed by atoms with E-state index in [1.165, 1.54) is 12.1 Å². The van der Waals surface area contributed by atoms with E-state index in [2.05, 4.69) is 0 Å². The van der Waals surface area contributed by atoms with Gasteiger partial charge in [-0.15, -0.1) is 0 Å². The first-order valence-corrected chi connectivity index (χ1v) is 8.70. The van der Waals surface area contributed by atoms with Gasteiger partial charge in [0.2, 0.25) is 0 Å². The Morgan fingerprint density at radius 1 is 0.963 bits per heavy atom. The zero-order valence-corrected chi connectivity index (χ0v) is 15.1. The number of carbonyl (C=O) groups excluding carboxylic acids is 2. The number of hydrogen-bond donors (Lipinski definition) is 1. The topological polar surface area (TPSA) is 79.3 Å². The number of nitrogens with zero attached hydrogens (tertiary/aromatic N) is 2. The summed E-state index contributed by atoms with van der Waals surface area (Å²) in [6, 6.07) is 13.3. The lowest BCUT2D eigenvalue weighted by molar-refractivity contribution is -0.134. The van der Waals surface area contributed by atoms with Gasteiger partial charge in [-0.2, -0.15) is 0 Å². The van der Waals surface area contributed by atoms with Crippen molar-refractivity contribution in [3.63, 3.8) is 0 Å². The first-order chi connectivity index (χ1) is 13.1. The lowest BCUT2D eigenvalue weighted by atomic mass is 10.1. The van der Waals surface area contributed by atoms with Crippen molar-refractivity contribution in [2.24, 2.45) is 0 Å². The lowest BCUT2D eigenvalue weighted by Gasteiger charge is -2.34. The summed E-state index contributed by atoms with van der Waals surface area (Å²) in [7, 11) is 1.57. The predicted octanol–water partition coefficient (Wildman–Crippen LogP) is 1.76. The standard InChI is InChI=1S/C20H22N2O5/c1-26-17-3-2-4-18(13-17)27-14-19(24)21-9-11-22(12-10-21)20(25)15-5-7-16(23)8-6-15/h2-8,13,23H,9-12,14H2,1H3. The van der Waals surface area contributed by atoms with Crippen LogP contribution in [-0.2, 0) is 4.79 Å². The zero-order valence-electron chi connectivity index (χ0n) is 15.1. The molecule has 27 heavy (non-hydrogen) atoms. The molecule has 0 radical (unpaired) electrons. The van der Waals surface area contributed by atoms with Gasteiger partial charge in [0.1, 0.15) is 17.2 Å². The van der Waals surface area contributed by atoms with Gasteiger partial charge in [0.25, 0.3) is 11.8 Å². The fraction of sp³-hybridized carbons (Fsp3) is 0.300. The number of piperazine rings is 1. The molecule has 2 amide bonds. The minimum absolute atomic E-state index is 0.0565. The van der Waals surface area contributed by atoms with Crippen LogP contribution in [0.4, 0.5) is 0 Å². The monoisotopic (exact) mass is 370 g/mol. The van der Waals surface area contributed by atoms with Crippen molar-refractivity contribution in [1.29, 1.82) is 0 Å². The molecule has 0 spiro atoms. The van der Waals surface area contributed by atoms with Crippen LogP contribution in [0.15, 0.2) is 48.5 Å². The van der Waals surface area contributed by atoms with E-state index >= 15 is 0 Å². The number of phenols is 1. The van der Waals surface area contributed by atoms with Crippen molar-refractivity contribution in [2.75, 3.05) is 39.9 Å². The van der Waals surface area contributed by atoms with Crippen molar-refractivity contribution >= 4 is 11.8 Å². The van der Waals surface area contributed by atoms with E-state index in [0.717, 1.165) is 0 Å². The van der Waals surface area contributed by atoms with Crippen LogP contribution in [-0.4, -0.2) is 66.6 Å². The van der Waals surface area contributed by atoms with Crippen molar-refractivity contribution in [1.82, 2.24) is 9.80 Å². The van der Waals surface area contributed by atoms with Crippen LogP contribution in [0.25, 0.3) is 0 Å². The van der Waals surface area contributed by atoms with E-state index in [1.807, 2.05) is 0 Å². The smallest absolute Gasteiger partial charge is 0.260 e. The quantitative estimate of drug-likeness (QED) is 0.868. The summed E-state index contributed by atoms with van der Waals surface area (Å²) < 4.78 is 10.7. The Bertz CT molecular complexity index is 798. The molecule has 1 N–H and O–H groups in total. The molecule has 0 bridgehead atoms. The van der Waals surface area contributed by atoms with E-state index in [1.54, 1.807) is 53.3 Å². The molecular weight excluding hydrogens is 348 g/mol. The number of rotatable bonds is 5. The number of amides is 2. The molecule has 7 heteroatoms. The molecule has 0 unspecified atom stereocenters. The van der Waals surface area contributed by atoms with E-state index in [-0.39, 0.29) is 24.2 Å². The largest absolute Gasteiger partial charge is 0.508 e. The number of aromatic hydroxyl groups is 1. The first-order valence-electron chi connectivity index (χ1n) is 8.70. The Balaban J connectivity index is 1.48. The average Bonchev–Trinajstić information content (AvgIpc) is 2.72. The third kappa shape index (κ3) is 4.69. The second-order valence-corrected chi connectivity index (χ2v) is 6.19. The Hall–Kier alpha value is -3.22. The molecule has 0 saturated carbocycles. The van der Waals surface area contributed by atoms with E-state index in [9.17, 15) is 14.7 Å². The predicted molar refractivity (Wildman–Crippen MR) is 99.1 cm³/mol. The number of ether oxygens (including phenoxy) is 2. The van der Waals surface area contributed by atoms with Crippen molar-refractivity contribution < 1.29 is 24.2 Å². The molecule has 3 rings (SSSR count). The number of methoxy groups -OCH3 is 1. The van der Waals surface area contributed by atoms with Crippen LogP contribution in [0.5, 0.6) is 17.2 Å². The van der Waals surface area contributed by atoms with Gasteiger partial charge in [0.05, 0.1) is 7.11 Å². The molecule has 2 aromatic carbocycles. The molecule has 1 fully saturated rings. The van der Waals surface area contributed by atoms with E-state index < -0.39 is 0 Å². The van der Waals surface area contributed by atoms with Crippen molar-refractivity contribution in [3.8, 4) is 17.2 Å². The normalized spacial score (nSPS) is 14.0. The lowest BCUT2D eigenvalue weighted by Crippen LogP contribution is -2.51. The molecule has 142 valence electrons. The minimum atomic E-state index is -0.116. The van der Waals surface area contributed by atoms with Gasteiger partial charge >= 0.3 is 0 Å². The molecule has 1 aliphatic heterocycles. The Morgan fingerprint density at radius 3 is 2.26 bits per heavy atom. The highest BCUT2D eigenvalue weighted by atomic mass is 16.5. The summed E-state index contributed by atoms with van der Waals surface area (Å²) >= 11 is 0. The van der Waals surface area contributed by atoms with Crippen LogP contribution in [0.3, 0.4) is 0 Å². The average molecular weight is 370 g/mol. The molecule has 2 aromatic rings. The van der Waals surface area contributed by atoms with Gasteiger partial charge in [-0.1, -0.05) is 6.07 Å². The maximum Gasteiger partial charge on any atom is 0.260 e. The number of phenolic OH excluding ortho intramolecular Hbond substituents is 1. The Labute approximate surface area is 157 Å². The highest BCUT2D eigenvalue weighted by molar-refractivity contribution is 5.94. The summed E-state index contributed by atoms with van der Waals surface area (Å²) in [5, 5.41) is 9.32. The molecule has 1 saturated heterocycles. The molecular formula is C20H22N2O5. The van der Waals surface area contributed by atoms with Gasteiger partial charge in [0, 0.05) is 37.8 Å². The minimum Gasteiger partial charge on any atom is -0.508 e. The maximum atomic E-state index is 12.5. The molecule has 0 aromatic heterocycles. The Morgan fingerprint density at radius 2 is 1.59 bits per heavy atom. The fourth-order valence-electron chi connectivity index (χ4n) is 2.87. The van der Waals surface area contributed by atoms with Gasteiger partial charge in [0.15, 0.2) is 6.61 Å². The number of hydrogen-bond acceptors (Lipinski definition) is 5. The van der Waals surface area contributed by atoms with E-state index in [4.69, 9.17) is 9.47 Å². The summed E-state index contributed by atoms with van der Waals surface area (Å²) in [5.41, 5.74) is 0.522. The molecule has 1 aliphatic rings. The fourth-order valence-corrected chi connectivity index (χ4v) is 2.87. The second-order valence-electron chi connectivity index (χ2n) is 6.19. The van der Waals surface area contributed by atoms with Crippen LogP contribution >= 0.6 is 0 Å². The van der Waals surface area contributed by atoms with Gasteiger partial charge in [-0.3, -0.25) is 9.59 Å². The number of carbonyl (C=O) groups is 2. The molecule has 1 heterocycles. The van der Waals surface area contributed by atoms with Crippen LogP contribution in [0.1, 0.15) is 10.4 Å². The van der Waals surface area contributed by atoms with Crippen LogP contribution in [0.2, 0.25) is 0 Å². The van der Waals surface area contributed by atoms with Crippen molar-refractivity contribution in [3.05, 3.63) is 54.1 Å². The van der Waals surface area contributed by atoms with E-state index in [0.29, 0.717) is 43.2 Å². The third-order valence-electron chi connectivity index (χ3n) is 4.44. The zero-order chi connectivity index (χ0) is 19.2. The second kappa shape index (κ2) is 8.44. The summed E-state index contributed by atoms with van der Waals surface area (Å²) in [6.07, 6.45) is 0. The SMILES string of the molecule is COc1cccc(OCC(=O)N2CCN(C(=O)c3ccc(O)cc3)CC2)c1. The molecule has 0 atom stereocenters. The Kier molecular flexibility index (Phi) is 5.80. The molecule has 0 aliphatic carbocycles. The third-order valence-corrected chi connectivity index (χ3v) is 4.44. The first kappa shape index (κ1) is 18.6. The van der Waals surface area contributed by atoms with Crippen LogP contribution < -0.4 is 9.47 Å². The van der Waals surface area contributed by atoms with Gasteiger partial charge in [-0.05, 0) is 36.4 Å².